The minimum Gasteiger partial charge on any atom is -0.486 e. The van der Waals surface area contributed by atoms with Crippen LogP contribution in [0.2, 0.25) is 0 Å². The number of likely N-dealkylation sites (tertiary alicyclic amines) is 1. The van der Waals surface area contributed by atoms with Gasteiger partial charge in [-0.05, 0) is 67.3 Å². The first-order valence-electron chi connectivity index (χ1n) is 11.1. The highest BCUT2D eigenvalue weighted by atomic mass is 32.1. The molecule has 3 aromatic rings. The van der Waals surface area contributed by atoms with Gasteiger partial charge in [-0.25, -0.2) is 4.98 Å². The summed E-state index contributed by atoms with van der Waals surface area (Å²) in [7, 11) is 0. The first kappa shape index (κ1) is 21.5. The van der Waals surface area contributed by atoms with Crippen LogP contribution in [0.3, 0.4) is 0 Å². The number of fused-ring (bicyclic) bond motifs is 1. The van der Waals surface area contributed by atoms with Crippen LogP contribution in [-0.4, -0.2) is 48.0 Å². The van der Waals surface area contributed by atoms with Crippen LogP contribution in [0.4, 0.5) is 5.82 Å². The molecule has 2 aliphatic rings. The Morgan fingerprint density at radius 1 is 1.03 bits per heavy atom. The van der Waals surface area contributed by atoms with Crippen molar-refractivity contribution in [3.63, 3.8) is 0 Å². The summed E-state index contributed by atoms with van der Waals surface area (Å²) in [6.45, 7) is 4.19. The van der Waals surface area contributed by atoms with Gasteiger partial charge >= 0.3 is 0 Å². The van der Waals surface area contributed by atoms with Crippen molar-refractivity contribution in [1.29, 1.82) is 0 Å². The molecule has 1 aromatic carbocycles. The number of carbonyl (C=O) groups excluding carboxylic acids is 2. The fourth-order valence-corrected chi connectivity index (χ4v) is 5.05. The Bertz CT molecular complexity index is 1170. The highest BCUT2D eigenvalue weighted by Gasteiger charge is 2.28. The van der Waals surface area contributed by atoms with E-state index in [1.54, 1.807) is 6.20 Å². The van der Waals surface area contributed by atoms with Crippen LogP contribution in [0.15, 0.2) is 48.7 Å². The molecule has 0 atom stereocenters. The van der Waals surface area contributed by atoms with E-state index in [1.165, 1.54) is 11.3 Å². The quantitative estimate of drug-likeness (QED) is 0.621. The summed E-state index contributed by atoms with van der Waals surface area (Å²) in [6.07, 6.45) is 3.02. The zero-order chi connectivity index (χ0) is 22.8. The lowest BCUT2D eigenvalue weighted by molar-refractivity contribution is -0.121. The minimum atomic E-state index is -0.117. The predicted octanol–water partition coefficient (Wildman–Crippen LogP) is 4.38. The van der Waals surface area contributed by atoms with Gasteiger partial charge in [-0.15, -0.1) is 11.3 Å². The van der Waals surface area contributed by atoms with Gasteiger partial charge in [0.2, 0.25) is 5.91 Å². The second-order valence-corrected chi connectivity index (χ2v) is 9.38. The molecule has 0 bridgehead atoms. The van der Waals surface area contributed by atoms with Crippen molar-refractivity contribution in [2.24, 2.45) is 5.92 Å². The molecule has 2 aromatic heterocycles. The lowest BCUT2D eigenvalue weighted by Crippen LogP contribution is -2.41. The number of aryl methyl sites for hydroxylation is 1. The van der Waals surface area contributed by atoms with Gasteiger partial charge in [0.15, 0.2) is 11.5 Å². The standard InChI is InChI=1S/C25H25N3O4S/c1-16-2-7-23(26-15-16)27-24(29)17-8-10-28(11-9-17)25(30)22-6-5-21(33-22)18-3-4-19-20(14-18)32-13-12-31-19/h2-7,14-15,17H,8-13H2,1H3,(H,26,27,29). The number of nitrogens with zero attached hydrogens (tertiary/aromatic N) is 2. The van der Waals surface area contributed by atoms with E-state index in [-0.39, 0.29) is 17.7 Å². The van der Waals surface area contributed by atoms with Crippen molar-refractivity contribution in [3.8, 4) is 21.9 Å². The molecule has 0 unspecified atom stereocenters. The third kappa shape index (κ3) is 4.71. The summed E-state index contributed by atoms with van der Waals surface area (Å²) in [5.74, 6) is 1.92. The Labute approximate surface area is 196 Å². The molecule has 4 heterocycles. The van der Waals surface area contributed by atoms with E-state index in [4.69, 9.17) is 9.47 Å². The van der Waals surface area contributed by atoms with Gasteiger partial charge < -0.3 is 19.7 Å². The number of amides is 2. The molecule has 1 fully saturated rings. The molecule has 170 valence electrons. The number of aromatic nitrogens is 1. The molecule has 8 heteroatoms. The smallest absolute Gasteiger partial charge is 0.263 e. The largest absolute Gasteiger partial charge is 0.486 e. The maximum Gasteiger partial charge on any atom is 0.263 e. The Balaban J connectivity index is 1.19. The molecule has 5 rings (SSSR count). The van der Waals surface area contributed by atoms with E-state index in [0.717, 1.165) is 27.5 Å². The molecule has 0 radical (unpaired) electrons. The van der Waals surface area contributed by atoms with Gasteiger partial charge in [-0.3, -0.25) is 9.59 Å². The van der Waals surface area contributed by atoms with E-state index in [2.05, 4.69) is 10.3 Å². The maximum atomic E-state index is 13.1. The Morgan fingerprint density at radius 3 is 2.58 bits per heavy atom. The van der Waals surface area contributed by atoms with Gasteiger partial charge in [-0.1, -0.05) is 6.07 Å². The first-order valence-corrected chi connectivity index (χ1v) is 11.9. The number of hydrogen-bond acceptors (Lipinski definition) is 6. The summed E-state index contributed by atoms with van der Waals surface area (Å²) in [5, 5.41) is 2.89. The summed E-state index contributed by atoms with van der Waals surface area (Å²) >= 11 is 1.47. The van der Waals surface area contributed by atoms with Crippen LogP contribution in [0.25, 0.3) is 10.4 Å². The van der Waals surface area contributed by atoms with Crippen LogP contribution < -0.4 is 14.8 Å². The predicted molar refractivity (Wildman–Crippen MR) is 127 cm³/mol. The van der Waals surface area contributed by atoms with Crippen LogP contribution in [0, 0.1) is 12.8 Å². The minimum absolute atomic E-state index is 0.0165. The SMILES string of the molecule is Cc1ccc(NC(=O)C2CCN(C(=O)c3ccc(-c4ccc5c(c4)OCCO5)s3)CC2)nc1. The van der Waals surface area contributed by atoms with Gasteiger partial charge in [0.25, 0.3) is 5.91 Å². The van der Waals surface area contributed by atoms with Gasteiger partial charge in [0.05, 0.1) is 4.88 Å². The van der Waals surface area contributed by atoms with Crippen LogP contribution in [0.1, 0.15) is 28.1 Å². The fraction of sp³-hybridized carbons (Fsp3) is 0.320. The van der Waals surface area contributed by atoms with Crippen molar-refractivity contribution >= 4 is 29.0 Å². The number of piperidine rings is 1. The van der Waals surface area contributed by atoms with E-state index >= 15 is 0 Å². The highest BCUT2D eigenvalue weighted by Crippen LogP contribution is 2.37. The summed E-state index contributed by atoms with van der Waals surface area (Å²) in [5.41, 5.74) is 2.05. The van der Waals surface area contributed by atoms with Gasteiger partial charge in [0.1, 0.15) is 19.0 Å². The van der Waals surface area contributed by atoms with Crippen molar-refractivity contribution in [3.05, 3.63) is 59.1 Å². The number of hydrogen-bond donors (Lipinski definition) is 1. The molecular formula is C25H25N3O4S. The van der Waals surface area contributed by atoms with Gasteiger partial charge in [-0.2, -0.15) is 0 Å². The number of carbonyl (C=O) groups is 2. The lowest BCUT2D eigenvalue weighted by atomic mass is 9.96. The number of pyridine rings is 1. The Hall–Kier alpha value is -3.39. The van der Waals surface area contributed by atoms with Crippen LogP contribution >= 0.6 is 11.3 Å². The molecule has 7 nitrogen and oxygen atoms in total. The number of anilines is 1. The number of rotatable bonds is 4. The maximum absolute atomic E-state index is 13.1. The van der Waals surface area contributed by atoms with Crippen molar-refractivity contribution in [2.75, 3.05) is 31.6 Å². The highest BCUT2D eigenvalue weighted by molar-refractivity contribution is 7.17. The zero-order valence-corrected chi connectivity index (χ0v) is 19.2. The summed E-state index contributed by atoms with van der Waals surface area (Å²) in [6, 6.07) is 13.4. The second-order valence-electron chi connectivity index (χ2n) is 8.30. The van der Waals surface area contributed by atoms with Crippen molar-refractivity contribution in [1.82, 2.24) is 9.88 Å². The molecule has 0 saturated carbocycles. The van der Waals surface area contributed by atoms with Crippen LogP contribution in [-0.2, 0) is 4.79 Å². The van der Waals surface area contributed by atoms with E-state index < -0.39 is 0 Å². The molecular weight excluding hydrogens is 438 g/mol. The number of ether oxygens (including phenoxy) is 2. The topological polar surface area (TPSA) is 80.8 Å². The molecule has 2 amide bonds. The molecule has 1 N–H and O–H groups in total. The van der Waals surface area contributed by atoms with Gasteiger partial charge in [0, 0.05) is 30.1 Å². The Morgan fingerprint density at radius 2 is 1.82 bits per heavy atom. The third-order valence-electron chi connectivity index (χ3n) is 5.96. The molecule has 2 aliphatic heterocycles. The summed E-state index contributed by atoms with van der Waals surface area (Å²) < 4.78 is 11.3. The van der Waals surface area contributed by atoms with E-state index in [9.17, 15) is 9.59 Å². The second kappa shape index (κ2) is 9.23. The summed E-state index contributed by atoms with van der Waals surface area (Å²) in [4.78, 5) is 33.4. The molecule has 0 spiro atoms. The zero-order valence-electron chi connectivity index (χ0n) is 18.4. The number of benzene rings is 1. The number of thiophene rings is 1. The monoisotopic (exact) mass is 463 g/mol. The molecule has 1 saturated heterocycles. The number of nitrogens with one attached hydrogen (secondary N) is 1. The Kier molecular flexibility index (Phi) is 6.00. The third-order valence-corrected chi connectivity index (χ3v) is 7.08. The average Bonchev–Trinajstić information content (AvgIpc) is 3.35. The van der Waals surface area contributed by atoms with E-state index in [1.807, 2.05) is 54.3 Å². The average molecular weight is 464 g/mol. The van der Waals surface area contributed by atoms with E-state index in [0.29, 0.717) is 49.8 Å². The fourth-order valence-electron chi connectivity index (χ4n) is 4.08. The van der Waals surface area contributed by atoms with Crippen molar-refractivity contribution < 1.29 is 19.1 Å². The first-order chi connectivity index (χ1) is 16.1. The lowest BCUT2D eigenvalue weighted by Gasteiger charge is -2.31. The van der Waals surface area contributed by atoms with Crippen molar-refractivity contribution in [2.45, 2.75) is 19.8 Å². The van der Waals surface area contributed by atoms with Crippen LogP contribution in [0.5, 0.6) is 11.5 Å². The normalized spacial score (nSPS) is 15.8. The molecule has 0 aliphatic carbocycles. The molecule has 33 heavy (non-hydrogen) atoms.